The maximum Gasteiger partial charge on any atom is 0.242 e. The Hall–Kier alpha value is -1.43. The molecule has 2 amide bonds. The number of carbonyl (C=O) groups is 2. The smallest absolute Gasteiger partial charge is 0.242 e. The molecule has 0 saturated carbocycles. The van der Waals surface area contributed by atoms with Crippen molar-refractivity contribution in [2.45, 2.75) is 26.3 Å². The van der Waals surface area contributed by atoms with Crippen LogP contribution in [-0.2, 0) is 16.0 Å². The van der Waals surface area contributed by atoms with E-state index in [9.17, 15) is 9.59 Å². The number of amides is 2. The summed E-state index contributed by atoms with van der Waals surface area (Å²) in [7, 11) is 0. The molecule has 1 aromatic rings. The summed E-state index contributed by atoms with van der Waals surface area (Å²) in [6.45, 7) is 4.36. The van der Waals surface area contributed by atoms with Gasteiger partial charge in [-0.05, 0) is 13.8 Å². The van der Waals surface area contributed by atoms with Gasteiger partial charge in [0.1, 0.15) is 6.04 Å². The van der Waals surface area contributed by atoms with Crippen LogP contribution in [0.1, 0.15) is 17.6 Å². The van der Waals surface area contributed by atoms with Gasteiger partial charge in [0.2, 0.25) is 11.8 Å². The zero-order valence-corrected chi connectivity index (χ0v) is 10.7. The summed E-state index contributed by atoms with van der Waals surface area (Å²) in [6, 6.07) is -0.377. The summed E-state index contributed by atoms with van der Waals surface area (Å²) in [4.78, 5) is 29.1. The van der Waals surface area contributed by atoms with Crippen LogP contribution >= 0.6 is 11.3 Å². The second kappa shape index (κ2) is 4.83. The van der Waals surface area contributed by atoms with E-state index in [0.717, 1.165) is 10.7 Å². The van der Waals surface area contributed by atoms with Gasteiger partial charge in [-0.15, -0.1) is 11.3 Å². The molecular weight excluding hydrogens is 238 g/mol. The minimum Gasteiger partial charge on any atom is -0.345 e. The number of thiazole rings is 1. The molecule has 1 aliphatic heterocycles. The molecule has 0 spiro atoms. The topological polar surface area (TPSA) is 62.3 Å². The van der Waals surface area contributed by atoms with Gasteiger partial charge in [-0.25, -0.2) is 4.98 Å². The fourth-order valence-corrected chi connectivity index (χ4v) is 2.59. The predicted molar refractivity (Wildman–Crippen MR) is 64.7 cm³/mol. The van der Waals surface area contributed by atoms with Crippen molar-refractivity contribution in [3.8, 4) is 0 Å². The lowest BCUT2D eigenvalue weighted by atomic mass is 10.2. The van der Waals surface area contributed by atoms with Crippen molar-refractivity contribution >= 4 is 23.2 Å². The van der Waals surface area contributed by atoms with E-state index in [1.54, 1.807) is 23.2 Å². The normalized spacial score (nSPS) is 20.6. The second-order valence-electron chi connectivity index (χ2n) is 4.11. The van der Waals surface area contributed by atoms with Crippen molar-refractivity contribution in [2.24, 2.45) is 0 Å². The number of aromatic nitrogens is 1. The molecule has 1 aliphatic rings. The van der Waals surface area contributed by atoms with Crippen molar-refractivity contribution in [1.29, 1.82) is 0 Å². The highest BCUT2D eigenvalue weighted by atomic mass is 32.1. The van der Waals surface area contributed by atoms with E-state index >= 15 is 0 Å². The summed E-state index contributed by atoms with van der Waals surface area (Å²) in [6.07, 6.45) is 0.710. The Kier molecular flexibility index (Phi) is 3.42. The summed E-state index contributed by atoms with van der Waals surface area (Å²) in [5, 5.41) is 5.57. The summed E-state index contributed by atoms with van der Waals surface area (Å²) in [5.74, 6) is -0.106. The van der Waals surface area contributed by atoms with Crippen molar-refractivity contribution < 1.29 is 9.59 Å². The minimum atomic E-state index is -0.377. The monoisotopic (exact) mass is 253 g/mol. The van der Waals surface area contributed by atoms with Gasteiger partial charge >= 0.3 is 0 Å². The van der Waals surface area contributed by atoms with Gasteiger partial charge in [0.05, 0.1) is 11.6 Å². The molecule has 0 aliphatic carbocycles. The van der Waals surface area contributed by atoms with Crippen LogP contribution in [0.5, 0.6) is 0 Å². The first-order valence-electron chi connectivity index (χ1n) is 5.56. The number of hydrogen-bond donors (Lipinski definition) is 1. The number of aryl methyl sites for hydroxylation is 1. The minimum absolute atomic E-state index is 0.0228. The van der Waals surface area contributed by atoms with Gasteiger partial charge in [0.25, 0.3) is 0 Å². The van der Waals surface area contributed by atoms with Gasteiger partial charge in [0.15, 0.2) is 0 Å². The fourth-order valence-electron chi connectivity index (χ4n) is 1.82. The Morgan fingerprint density at radius 2 is 2.35 bits per heavy atom. The van der Waals surface area contributed by atoms with Gasteiger partial charge in [-0.2, -0.15) is 0 Å². The van der Waals surface area contributed by atoms with Crippen LogP contribution in [0.3, 0.4) is 0 Å². The second-order valence-corrected chi connectivity index (χ2v) is 5.06. The molecule has 5 nitrogen and oxygen atoms in total. The number of rotatable bonds is 3. The van der Waals surface area contributed by atoms with Crippen LogP contribution < -0.4 is 5.32 Å². The molecule has 0 aromatic carbocycles. The lowest BCUT2D eigenvalue weighted by Gasteiger charge is -2.32. The molecule has 1 saturated heterocycles. The van der Waals surface area contributed by atoms with Crippen LogP contribution in [0, 0.1) is 6.92 Å². The molecule has 0 radical (unpaired) electrons. The van der Waals surface area contributed by atoms with Crippen LogP contribution in [0.2, 0.25) is 0 Å². The zero-order chi connectivity index (χ0) is 12.4. The molecule has 6 heteroatoms. The first-order chi connectivity index (χ1) is 8.08. The highest BCUT2D eigenvalue weighted by molar-refractivity contribution is 7.09. The third-order valence-electron chi connectivity index (χ3n) is 2.81. The first-order valence-corrected chi connectivity index (χ1v) is 6.44. The lowest BCUT2D eigenvalue weighted by molar-refractivity contribution is -0.144. The molecule has 1 fully saturated rings. The number of hydrogen-bond acceptors (Lipinski definition) is 4. The number of nitrogens with one attached hydrogen (secondary N) is 1. The Labute approximate surface area is 104 Å². The first kappa shape index (κ1) is 12.0. The van der Waals surface area contributed by atoms with Crippen molar-refractivity contribution in [1.82, 2.24) is 15.2 Å². The van der Waals surface area contributed by atoms with Crippen LogP contribution in [-0.4, -0.2) is 40.8 Å². The third kappa shape index (κ3) is 2.63. The highest BCUT2D eigenvalue weighted by Crippen LogP contribution is 2.12. The van der Waals surface area contributed by atoms with E-state index < -0.39 is 0 Å². The molecule has 0 bridgehead atoms. The number of nitrogens with zero attached hydrogens (tertiary/aromatic N) is 2. The predicted octanol–water partition coefficient (Wildman–Crippen LogP) is 0.341. The van der Waals surface area contributed by atoms with Crippen molar-refractivity contribution in [2.75, 3.05) is 13.1 Å². The molecule has 2 heterocycles. The standard InChI is InChI=1S/C11H15N3O2S/c1-7-6-17-9(13-7)3-4-14-8(2)11(16)12-5-10(14)15/h6,8H,3-5H2,1-2H3,(H,12,16). The van der Waals surface area contributed by atoms with E-state index in [1.165, 1.54) is 0 Å². The molecular formula is C11H15N3O2S. The summed E-state index contributed by atoms with van der Waals surface area (Å²) in [5.41, 5.74) is 1.00. The molecule has 1 N–H and O–H groups in total. The van der Waals surface area contributed by atoms with E-state index in [-0.39, 0.29) is 24.4 Å². The Morgan fingerprint density at radius 1 is 1.59 bits per heavy atom. The highest BCUT2D eigenvalue weighted by Gasteiger charge is 2.30. The quantitative estimate of drug-likeness (QED) is 0.845. The van der Waals surface area contributed by atoms with Crippen LogP contribution in [0.4, 0.5) is 0 Å². The van der Waals surface area contributed by atoms with Crippen molar-refractivity contribution in [3.63, 3.8) is 0 Å². The molecule has 17 heavy (non-hydrogen) atoms. The Bertz CT molecular complexity index is 444. The van der Waals surface area contributed by atoms with Gasteiger partial charge < -0.3 is 10.2 Å². The summed E-state index contributed by atoms with van der Waals surface area (Å²) < 4.78 is 0. The molecule has 92 valence electrons. The lowest BCUT2D eigenvalue weighted by Crippen LogP contribution is -2.57. The largest absolute Gasteiger partial charge is 0.345 e. The van der Waals surface area contributed by atoms with E-state index in [0.29, 0.717) is 13.0 Å². The van der Waals surface area contributed by atoms with Crippen LogP contribution in [0.15, 0.2) is 5.38 Å². The van der Waals surface area contributed by atoms with Gasteiger partial charge in [0, 0.05) is 24.0 Å². The van der Waals surface area contributed by atoms with E-state index in [2.05, 4.69) is 10.3 Å². The van der Waals surface area contributed by atoms with Gasteiger partial charge in [-0.1, -0.05) is 0 Å². The fraction of sp³-hybridized carbons (Fsp3) is 0.545. The maximum absolute atomic E-state index is 11.7. The Morgan fingerprint density at radius 3 is 3.00 bits per heavy atom. The SMILES string of the molecule is Cc1csc(CCN2C(=O)CNC(=O)C2C)n1. The molecule has 2 rings (SSSR count). The van der Waals surface area contributed by atoms with Crippen LogP contribution in [0.25, 0.3) is 0 Å². The van der Waals surface area contributed by atoms with E-state index in [4.69, 9.17) is 0 Å². The Balaban J connectivity index is 1.97. The molecule has 1 atom stereocenters. The average molecular weight is 253 g/mol. The molecule has 1 unspecified atom stereocenters. The third-order valence-corrected chi connectivity index (χ3v) is 3.84. The van der Waals surface area contributed by atoms with E-state index in [1.807, 2.05) is 12.3 Å². The number of carbonyl (C=O) groups excluding carboxylic acids is 2. The maximum atomic E-state index is 11.7. The van der Waals surface area contributed by atoms with Crippen molar-refractivity contribution in [3.05, 3.63) is 16.1 Å². The zero-order valence-electron chi connectivity index (χ0n) is 9.90. The van der Waals surface area contributed by atoms with Gasteiger partial charge in [-0.3, -0.25) is 9.59 Å². The summed E-state index contributed by atoms with van der Waals surface area (Å²) >= 11 is 1.59. The average Bonchev–Trinajstić information content (AvgIpc) is 2.70. The molecule has 1 aromatic heterocycles. The number of piperazine rings is 1.